The number of hydrogen-bond acceptors (Lipinski definition) is 4. The zero-order valence-electron chi connectivity index (χ0n) is 11.1. The minimum absolute atomic E-state index is 0.160. The third-order valence-corrected chi connectivity index (χ3v) is 4.35. The number of likely N-dealkylation sites (tertiary alicyclic amines) is 1. The van der Waals surface area contributed by atoms with Crippen molar-refractivity contribution < 1.29 is 8.42 Å². The van der Waals surface area contributed by atoms with Crippen LogP contribution in [0.1, 0.15) is 20.3 Å². The molecule has 1 atom stereocenters. The van der Waals surface area contributed by atoms with E-state index in [4.69, 9.17) is 0 Å². The molecule has 0 aromatic heterocycles. The SMILES string of the molecule is CC(C)NCCS(=O)(=O)NCC1CCN(C)C1. The van der Waals surface area contributed by atoms with E-state index in [1.807, 2.05) is 13.8 Å². The molecule has 0 amide bonds. The van der Waals surface area contributed by atoms with Crippen LogP contribution in [0.3, 0.4) is 0 Å². The highest BCUT2D eigenvalue weighted by Crippen LogP contribution is 2.13. The van der Waals surface area contributed by atoms with Gasteiger partial charge in [-0.3, -0.25) is 0 Å². The minimum Gasteiger partial charge on any atom is -0.313 e. The molecule has 0 aromatic carbocycles. The highest BCUT2D eigenvalue weighted by atomic mass is 32.2. The van der Waals surface area contributed by atoms with E-state index >= 15 is 0 Å². The van der Waals surface area contributed by atoms with Crippen LogP contribution in [0, 0.1) is 5.92 Å². The molecule has 0 aliphatic carbocycles. The topological polar surface area (TPSA) is 61.4 Å². The number of hydrogen-bond donors (Lipinski definition) is 2. The van der Waals surface area contributed by atoms with Crippen molar-refractivity contribution in [1.29, 1.82) is 0 Å². The molecule has 1 unspecified atom stereocenters. The Kier molecular flexibility index (Phi) is 5.85. The summed E-state index contributed by atoms with van der Waals surface area (Å²) in [5.74, 6) is 0.626. The molecule has 102 valence electrons. The monoisotopic (exact) mass is 263 g/mol. The second-order valence-electron chi connectivity index (χ2n) is 5.19. The maximum Gasteiger partial charge on any atom is 0.212 e. The Morgan fingerprint density at radius 3 is 2.65 bits per heavy atom. The highest BCUT2D eigenvalue weighted by Gasteiger charge is 2.21. The predicted molar refractivity (Wildman–Crippen MR) is 70.5 cm³/mol. The molecular formula is C11H25N3O2S. The Labute approximate surface area is 105 Å². The van der Waals surface area contributed by atoms with Crippen LogP contribution in [0.15, 0.2) is 0 Å². The number of nitrogens with one attached hydrogen (secondary N) is 2. The van der Waals surface area contributed by atoms with Crippen LogP contribution in [0.4, 0.5) is 0 Å². The standard InChI is InChI=1S/C11H25N3O2S/c1-10(2)12-5-7-17(15,16)13-8-11-4-6-14(3)9-11/h10-13H,4-9H2,1-3H3. The van der Waals surface area contributed by atoms with Gasteiger partial charge in [0, 0.05) is 25.7 Å². The van der Waals surface area contributed by atoms with Gasteiger partial charge in [-0.2, -0.15) is 0 Å². The van der Waals surface area contributed by atoms with Crippen LogP contribution in [0.2, 0.25) is 0 Å². The van der Waals surface area contributed by atoms with Gasteiger partial charge in [-0.05, 0) is 25.9 Å². The Morgan fingerprint density at radius 1 is 1.41 bits per heavy atom. The third kappa shape index (κ3) is 6.35. The zero-order chi connectivity index (χ0) is 12.9. The summed E-state index contributed by atoms with van der Waals surface area (Å²) in [5.41, 5.74) is 0. The fourth-order valence-electron chi connectivity index (χ4n) is 1.99. The average Bonchev–Trinajstić information content (AvgIpc) is 2.61. The fourth-order valence-corrected chi connectivity index (χ4v) is 3.01. The van der Waals surface area contributed by atoms with Crippen molar-refractivity contribution in [2.24, 2.45) is 5.92 Å². The Morgan fingerprint density at radius 2 is 2.12 bits per heavy atom. The molecular weight excluding hydrogens is 238 g/mol. The van der Waals surface area contributed by atoms with Gasteiger partial charge in [0.2, 0.25) is 10.0 Å². The second kappa shape index (κ2) is 6.68. The van der Waals surface area contributed by atoms with Crippen molar-refractivity contribution >= 4 is 10.0 Å². The van der Waals surface area contributed by atoms with Crippen LogP contribution >= 0.6 is 0 Å². The maximum absolute atomic E-state index is 11.7. The molecule has 1 heterocycles. The first-order chi connectivity index (χ1) is 7.89. The van der Waals surface area contributed by atoms with E-state index in [1.54, 1.807) is 0 Å². The molecule has 0 spiro atoms. The summed E-state index contributed by atoms with van der Waals surface area (Å²) in [5, 5.41) is 3.11. The summed E-state index contributed by atoms with van der Waals surface area (Å²) < 4.78 is 26.1. The van der Waals surface area contributed by atoms with Crippen LogP contribution in [0.5, 0.6) is 0 Å². The average molecular weight is 263 g/mol. The van der Waals surface area contributed by atoms with Crippen molar-refractivity contribution in [3.8, 4) is 0 Å². The minimum atomic E-state index is -3.11. The van der Waals surface area contributed by atoms with Crippen molar-refractivity contribution in [3.63, 3.8) is 0 Å². The molecule has 1 aliphatic rings. The predicted octanol–water partition coefficient (Wildman–Crippen LogP) is -0.144. The lowest BCUT2D eigenvalue weighted by molar-refractivity contribution is 0.394. The highest BCUT2D eigenvalue weighted by molar-refractivity contribution is 7.89. The number of sulfonamides is 1. The van der Waals surface area contributed by atoms with E-state index in [1.165, 1.54) is 0 Å². The van der Waals surface area contributed by atoms with Crippen LogP contribution in [0.25, 0.3) is 0 Å². The van der Waals surface area contributed by atoms with Crippen LogP contribution < -0.4 is 10.0 Å². The summed E-state index contributed by atoms with van der Waals surface area (Å²) in [6.45, 7) is 7.17. The molecule has 1 fully saturated rings. The molecule has 1 rings (SSSR count). The van der Waals surface area contributed by atoms with Gasteiger partial charge in [-0.15, -0.1) is 0 Å². The molecule has 1 aliphatic heterocycles. The first-order valence-electron chi connectivity index (χ1n) is 6.28. The maximum atomic E-state index is 11.7. The molecule has 5 nitrogen and oxygen atoms in total. The lowest BCUT2D eigenvalue weighted by atomic mass is 10.1. The molecule has 0 radical (unpaired) electrons. The van der Waals surface area contributed by atoms with E-state index in [0.29, 0.717) is 25.0 Å². The van der Waals surface area contributed by atoms with Crippen molar-refractivity contribution in [2.75, 3.05) is 39.0 Å². The van der Waals surface area contributed by atoms with E-state index < -0.39 is 10.0 Å². The van der Waals surface area contributed by atoms with E-state index in [0.717, 1.165) is 19.5 Å². The zero-order valence-corrected chi connectivity index (χ0v) is 11.9. The number of rotatable bonds is 7. The lowest BCUT2D eigenvalue weighted by Crippen LogP contribution is -2.36. The third-order valence-electron chi connectivity index (χ3n) is 3.00. The molecule has 0 aromatic rings. The fraction of sp³-hybridized carbons (Fsp3) is 1.00. The molecule has 17 heavy (non-hydrogen) atoms. The van der Waals surface area contributed by atoms with Gasteiger partial charge < -0.3 is 10.2 Å². The van der Waals surface area contributed by atoms with Crippen molar-refractivity contribution in [1.82, 2.24) is 14.9 Å². The quantitative estimate of drug-likeness (QED) is 0.671. The first kappa shape index (κ1) is 14.9. The van der Waals surface area contributed by atoms with E-state index in [-0.39, 0.29) is 5.75 Å². The number of nitrogens with zero attached hydrogens (tertiary/aromatic N) is 1. The van der Waals surface area contributed by atoms with Crippen molar-refractivity contribution in [2.45, 2.75) is 26.3 Å². The summed E-state index contributed by atoms with van der Waals surface area (Å²) >= 11 is 0. The normalized spacial score (nSPS) is 22.5. The van der Waals surface area contributed by atoms with E-state index in [9.17, 15) is 8.42 Å². The van der Waals surface area contributed by atoms with Crippen LogP contribution in [-0.4, -0.2) is 58.3 Å². The molecule has 2 N–H and O–H groups in total. The summed E-state index contributed by atoms with van der Waals surface area (Å²) in [6.07, 6.45) is 1.09. The van der Waals surface area contributed by atoms with Crippen molar-refractivity contribution in [3.05, 3.63) is 0 Å². The van der Waals surface area contributed by atoms with Gasteiger partial charge in [0.1, 0.15) is 0 Å². The molecule has 6 heteroatoms. The van der Waals surface area contributed by atoms with Gasteiger partial charge in [-0.25, -0.2) is 13.1 Å². The van der Waals surface area contributed by atoms with Gasteiger partial charge in [0.05, 0.1) is 5.75 Å². The second-order valence-corrected chi connectivity index (χ2v) is 7.12. The van der Waals surface area contributed by atoms with Gasteiger partial charge >= 0.3 is 0 Å². The largest absolute Gasteiger partial charge is 0.313 e. The summed E-state index contributed by atoms with van der Waals surface area (Å²) in [4.78, 5) is 2.24. The Bertz CT molecular complexity index is 317. The summed E-state index contributed by atoms with van der Waals surface area (Å²) in [7, 11) is -1.04. The van der Waals surface area contributed by atoms with E-state index in [2.05, 4.69) is 22.0 Å². The van der Waals surface area contributed by atoms with Crippen LogP contribution in [-0.2, 0) is 10.0 Å². The van der Waals surface area contributed by atoms with Gasteiger partial charge in [0.25, 0.3) is 0 Å². The Hall–Kier alpha value is -0.170. The Balaban J connectivity index is 2.20. The lowest BCUT2D eigenvalue weighted by Gasteiger charge is -2.13. The first-order valence-corrected chi connectivity index (χ1v) is 7.93. The van der Waals surface area contributed by atoms with Gasteiger partial charge in [0.15, 0.2) is 0 Å². The smallest absolute Gasteiger partial charge is 0.212 e. The van der Waals surface area contributed by atoms with Gasteiger partial charge in [-0.1, -0.05) is 13.8 Å². The molecule has 1 saturated heterocycles. The molecule has 0 bridgehead atoms. The summed E-state index contributed by atoms with van der Waals surface area (Å²) in [6, 6.07) is 0.327. The molecule has 0 saturated carbocycles.